The number of hydrogen-bond acceptors (Lipinski definition) is 22. The smallest absolute Gasteiger partial charge is 0.314 e. The number of aliphatic hydroxyl groups excluding tert-OH is 3. The molecule has 7 fully saturated rings. The molecule has 0 amide bonds. The zero-order valence-electron chi connectivity index (χ0n) is 34.8. The van der Waals surface area contributed by atoms with Crippen molar-refractivity contribution in [3.05, 3.63) is 0 Å². The molecule has 7 rings (SSSR count). The molecule has 0 aromatic carbocycles. The fraction of sp³-hybridized carbons (Fsp3) is 1.00. The van der Waals surface area contributed by atoms with Crippen LogP contribution >= 0.6 is 0 Å². The number of rotatable bonds is 13. The molecule has 0 saturated carbocycles. The summed E-state index contributed by atoms with van der Waals surface area (Å²) in [6.07, 6.45) is -20.8. The normalized spacial score (nSPS) is 53.3. The Balaban J connectivity index is 1.03. The molecule has 7 aliphatic rings. The van der Waals surface area contributed by atoms with Crippen LogP contribution < -0.4 is 0 Å². The van der Waals surface area contributed by atoms with E-state index in [1.807, 2.05) is 0 Å². The van der Waals surface area contributed by atoms with Gasteiger partial charge in [-0.1, -0.05) is 0 Å². The van der Waals surface area contributed by atoms with E-state index in [0.717, 1.165) is 0 Å². The predicted octanol–water partition coefficient (Wildman–Crippen LogP) is -2.77. The minimum atomic E-state index is -1.77. The van der Waals surface area contributed by atoms with Gasteiger partial charge in [0.05, 0.1) is 43.7 Å². The van der Waals surface area contributed by atoms with Crippen LogP contribution in [0.4, 0.5) is 0 Å². The average molecular weight is 859 g/mol. The zero-order chi connectivity index (χ0) is 42.6. The summed E-state index contributed by atoms with van der Waals surface area (Å²) in [6, 6.07) is 0. The van der Waals surface area contributed by atoms with E-state index in [9.17, 15) is 25.5 Å². The van der Waals surface area contributed by atoms with E-state index in [0.29, 0.717) is 0 Å². The van der Waals surface area contributed by atoms with Crippen LogP contribution in [-0.4, -0.2) is 228 Å². The molecule has 5 N–H and O–H groups in total. The van der Waals surface area contributed by atoms with Crippen LogP contribution in [0.25, 0.3) is 0 Å². The lowest BCUT2D eigenvalue weighted by Gasteiger charge is -2.49. The third-order valence-electron chi connectivity index (χ3n) is 12.6. The Morgan fingerprint density at radius 2 is 1.42 bits per heavy atom. The Morgan fingerprint density at radius 1 is 0.712 bits per heavy atom. The standard InChI is InChI=1S/C37H62O22/c1-15-23(45-7)26(55-20-10-35(4,41)29(40)16(2)52-20)22(39)32(53-15)56-24-18(11-43-5)54-34(27(46-8)21(24)38)57-33-28(47-9)25-19(12-48-33)58-37(59-25)31-30(49-14-50-31)36(42,13-51-37)17(3)44-6/h15-34,38-42H,10-14H2,1-9H3/t15-,16+,17-,18-,19-,20-,21+,22-,23-,24-,25+,26-,27-,28-,29+,30-,31+,32+,33+,34+,35+,36-,37+/m0/s1. The fourth-order valence-corrected chi connectivity index (χ4v) is 9.14. The van der Waals surface area contributed by atoms with Gasteiger partial charge in [0, 0.05) is 42.0 Å². The molecule has 0 aliphatic carbocycles. The molecule has 0 bridgehead atoms. The monoisotopic (exact) mass is 858 g/mol. The third-order valence-corrected chi connectivity index (χ3v) is 12.6. The van der Waals surface area contributed by atoms with E-state index in [1.165, 1.54) is 42.5 Å². The molecule has 0 aromatic heterocycles. The minimum absolute atomic E-state index is 0.0405. The summed E-state index contributed by atoms with van der Waals surface area (Å²) in [5, 5.41) is 56.2. The van der Waals surface area contributed by atoms with E-state index in [-0.39, 0.29) is 33.0 Å². The Morgan fingerprint density at radius 3 is 2.08 bits per heavy atom. The van der Waals surface area contributed by atoms with Gasteiger partial charge in [0.2, 0.25) is 0 Å². The minimum Gasteiger partial charge on any atom is -0.387 e. The van der Waals surface area contributed by atoms with E-state index < -0.39 is 140 Å². The highest BCUT2D eigenvalue weighted by molar-refractivity contribution is 5.08. The highest BCUT2D eigenvalue weighted by Crippen LogP contribution is 2.48. The van der Waals surface area contributed by atoms with Crippen molar-refractivity contribution in [3.63, 3.8) is 0 Å². The first kappa shape index (κ1) is 46.1. The Labute approximate surface area is 342 Å². The summed E-state index contributed by atoms with van der Waals surface area (Å²) in [4.78, 5) is 0. The molecule has 0 radical (unpaired) electrons. The molecule has 7 heterocycles. The van der Waals surface area contributed by atoms with Crippen LogP contribution in [-0.2, 0) is 80.5 Å². The van der Waals surface area contributed by atoms with Gasteiger partial charge in [-0.2, -0.15) is 0 Å². The molecule has 7 aliphatic heterocycles. The summed E-state index contributed by atoms with van der Waals surface area (Å²) in [7, 11) is 7.14. The van der Waals surface area contributed by atoms with Gasteiger partial charge in [-0.25, -0.2) is 0 Å². The lowest BCUT2D eigenvalue weighted by Crippen LogP contribution is -2.69. The summed E-state index contributed by atoms with van der Waals surface area (Å²) < 4.78 is 102. The largest absolute Gasteiger partial charge is 0.387 e. The van der Waals surface area contributed by atoms with Crippen molar-refractivity contribution in [1.29, 1.82) is 0 Å². The van der Waals surface area contributed by atoms with Gasteiger partial charge in [0.25, 0.3) is 0 Å². The van der Waals surface area contributed by atoms with Gasteiger partial charge in [-0.05, 0) is 27.7 Å². The molecule has 22 nitrogen and oxygen atoms in total. The summed E-state index contributed by atoms with van der Waals surface area (Å²) in [5.41, 5.74) is -3.08. The van der Waals surface area contributed by atoms with E-state index in [1.54, 1.807) is 20.8 Å². The van der Waals surface area contributed by atoms with Crippen molar-refractivity contribution >= 4 is 0 Å². The highest BCUT2D eigenvalue weighted by Gasteiger charge is 2.70. The van der Waals surface area contributed by atoms with Crippen LogP contribution in [0.5, 0.6) is 0 Å². The number of aliphatic hydroxyl groups is 5. The second-order valence-corrected chi connectivity index (χ2v) is 16.4. The van der Waals surface area contributed by atoms with Gasteiger partial charge in [-0.15, -0.1) is 0 Å². The molecule has 1 spiro atoms. The van der Waals surface area contributed by atoms with Crippen molar-refractivity contribution in [2.75, 3.05) is 62.2 Å². The SMILES string of the molecule is COC[C@@H]1O[C@H](O[C@H]2OC[C@@H]3O[C@@]4(OC[C@](O)([C@H](C)OC)[C@H]5OCO[C@H]54)O[C@H]3[C@@H]2OC)[C@@H](OC)[C@H](O)[C@H]1O[C@H]1O[C@@H](C)[C@H](OC)[C@@H](O[C@H]2C[C@@](C)(O)[C@H](O)[C@@H](C)O2)[C@@H]1O. The van der Waals surface area contributed by atoms with Crippen LogP contribution in [0.2, 0.25) is 0 Å². The summed E-state index contributed by atoms with van der Waals surface area (Å²) in [5.74, 6) is -1.77. The van der Waals surface area contributed by atoms with Crippen molar-refractivity contribution in [2.45, 2.75) is 174 Å². The number of methoxy groups -OCH3 is 5. The van der Waals surface area contributed by atoms with Crippen molar-refractivity contribution < 1.29 is 106 Å². The van der Waals surface area contributed by atoms with E-state index in [2.05, 4.69) is 0 Å². The van der Waals surface area contributed by atoms with Gasteiger partial charge in [-0.3, -0.25) is 0 Å². The lowest BCUT2D eigenvalue weighted by atomic mass is 9.85. The summed E-state index contributed by atoms with van der Waals surface area (Å²) >= 11 is 0. The van der Waals surface area contributed by atoms with Crippen LogP contribution in [0.15, 0.2) is 0 Å². The van der Waals surface area contributed by atoms with Crippen LogP contribution in [0, 0.1) is 0 Å². The average Bonchev–Trinajstić information content (AvgIpc) is 3.86. The first-order valence-electron chi connectivity index (χ1n) is 19.9. The topological polar surface area (TPSA) is 258 Å². The number of ether oxygens (including phenoxy) is 17. The molecule has 23 atom stereocenters. The Hall–Kier alpha value is -0.880. The van der Waals surface area contributed by atoms with Crippen LogP contribution in [0.3, 0.4) is 0 Å². The Bertz CT molecular complexity index is 1380. The zero-order valence-corrected chi connectivity index (χ0v) is 34.8. The van der Waals surface area contributed by atoms with Gasteiger partial charge >= 0.3 is 5.97 Å². The quantitative estimate of drug-likeness (QED) is 0.126. The van der Waals surface area contributed by atoms with Crippen molar-refractivity contribution in [1.82, 2.24) is 0 Å². The van der Waals surface area contributed by atoms with Gasteiger partial charge < -0.3 is 106 Å². The molecular formula is C37H62O22. The molecule has 342 valence electrons. The maximum atomic E-state index is 11.9. The molecule has 22 heteroatoms. The fourth-order valence-electron chi connectivity index (χ4n) is 9.14. The summed E-state index contributed by atoms with van der Waals surface area (Å²) in [6.45, 7) is 5.96. The maximum Gasteiger partial charge on any atom is 0.314 e. The van der Waals surface area contributed by atoms with Crippen molar-refractivity contribution in [3.8, 4) is 0 Å². The molecule has 7 saturated heterocycles. The lowest BCUT2D eigenvalue weighted by molar-refractivity contribution is -0.422. The van der Waals surface area contributed by atoms with Gasteiger partial charge in [0.15, 0.2) is 31.3 Å². The van der Waals surface area contributed by atoms with Gasteiger partial charge in [0.1, 0.15) is 85.6 Å². The second kappa shape index (κ2) is 18.3. The molecule has 0 aromatic rings. The Kier molecular flexibility index (Phi) is 14.3. The maximum absolute atomic E-state index is 11.9. The number of fused-ring (bicyclic) bond motifs is 3. The third kappa shape index (κ3) is 8.47. The predicted molar refractivity (Wildman–Crippen MR) is 190 cm³/mol. The second-order valence-electron chi connectivity index (χ2n) is 16.4. The number of hydrogen-bond donors (Lipinski definition) is 5. The van der Waals surface area contributed by atoms with E-state index in [4.69, 9.17) is 80.5 Å². The highest BCUT2D eigenvalue weighted by atomic mass is 16.9. The first-order chi connectivity index (χ1) is 28.1. The first-order valence-corrected chi connectivity index (χ1v) is 19.9. The van der Waals surface area contributed by atoms with E-state index >= 15 is 0 Å². The molecular weight excluding hydrogens is 796 g/mol. The molecule has 0 unspecified atom stereocenters. The van der Waals surface area contributed by atoms with Crippen LogP contribution in [0.1, 0.15) is 34.1 Å². The molecule has 59 heavy (non-hydrogen) atoms. The van der Waals surface area contributed by atoms with Crippen molar-refractivity contribution in [2.24, 2.45) is 0 Å².